The van der Waals surface area contributed by atoms with E-state index in [4.69, 9.17) is 14.2 Å². The quantitative estimate of drug-likeness (QED) is 0.527. The minimum Gasteiger partial charge on any atom is -0.493 e. The van der Waals surface area contributed by atoms with Crippen LogP contribution in [0.15, 0.2) is 42.5 Å². The van der Waals surface area contributed by atoms with Crippen molar-refractivity contribution in [1.82, 2.24) is 0 Å². The molecule has 0 amide bonds. The second-order valence-electron chi connectivity index (χ2n) is 5.28. The summed E-state index contributed by atoms with van der Waals surface area (Å²) in [6.45, 7) is 6.60. The predicted octanol–water partition coefficient (Wildman–Crippen LogP) is 4.54. The summed E-state index contributed by atoms with van der Waals surface area (Å²) in [5, 5.41) is 0. The van der Waals surface area contributed by atoms with Crippen molar-refractivity contribution in [2.75, 3.05) is 6.61 Å². The highest BCUT2D eigenvalue weighted by Gasteiger charge is 2.14. The molecule has 2 aromatic carbocycles. The van der Waals surface area contributed by atoms with E-state index in [9.17, 15) is 4.79 Å². The molecule has 2 aromatic rings. The number of hydrogen-bond acceptors (Lipinski definition) is 4. The molecule has 0 radical (unpaired) electrons. The first-order valence-electron chi connectivity index (χ1n) is 8.35. The summed E-state index contributed by atoms with van der Waals surface area (Å²) >= 11 is 0. The van der Waals surface area contributed by atoms with Crippen molar-refractivity contribution in [3.05, 3.63) is 53.6 Å². The van der Waals surface area contributed by atoms with Gasteiger partial charge in [-0.3, -0.25) is 4.79 Å². The molecule has 0 N–H and O–H groups in total. The second-order valence-corrected chi connectivity index (χ2v) is 5.28. The molecule has 0 saturated heterocycles. The zero-order chi connectivity index (χ0) is 17.4. The zero-order valence-corrected chi connectivity index (χ0v) is 14.5. The lowest BCUT2D eigenvalue weighted by Gasteiger charge is -2.15. The summed E-state index contributed by atoms with van der Waals surface area (Å²) in [5.74, 6) is 1.64. The van der Waals surface area contributed by atoms with Crippen LogP contribution in [-0.4, -0.2) is 12.6 Å². The standard InChI is InChI=1S/C20H24O4/c1-4-15-10-12-16(13-11-15)23-14-17-18(22-6-3)8-7-9-19(17)24-20(21)5-2/h7-13H,4-6,14H2,1-3H3. The van der Waals surface area contributed by atoms with Crippen LogP contribution in [0.5, 0.6) is 17.2 Å². The van der Waals surface area contributed by atoms with Crippen molar-refractivity contribution in [2.45, 2.75) is 40.2 Å². The van der Waals surface area contributed by atoms with Crippen molar-refractivity contribution in [3.8, 4) is 17.2 Å². The third-order valence-electron chi connectivity index (χ3n) is 3.62. The highest BCUT2D eigenvalue weighted by molar-refractivity contribution is 5.72. The third kappa shape index (κ3) is 4.75. The van der Waals surface area contributed by atoms with Crippen LogP contribution < -0.4 is 14.2 Å². The lowest BCUT2D eigenvalue weighted by Crippen LogP contribution is -2.10. The van der Waals surface area contributed by atoms with Gasteiger partial charge in [0.15, 0.2) is 0 Å². The maximum Gasteiger partial charge on any atom is 0.310 e. The van der Waals surface area contributed by atoms with Crippen LogP contribution in [0.2, 0.25) is 0 Å². The van der Waals surface area contributed by atoms with E-state index in [2.05, 4.69) is 6.92 Å². The molecule has 0 fully saturated rings. The molecule has 128 valence electrons. The summed E-state index contributed by atoms with van der Waals surface area (Å²) < 4.78 is 16.9. The summed E-state index contributed by atoms with van der Waals surface area (Å²) in [5.41, 5.74) is 2.00. The number of esters is 1. The fraction of sp³-hybridized carbons (Fsp3) is 0.350. The maximum atomic E-state index is 11.6. The molecule has 4 nitrogen and oxygen atoms in total. The van der Waals surface area contributed by atoms with Gasteiger partial charge in [0.2, 0.25) is 0 Å². The van der Waals surface area contributed by atoms with Crippen LogP contribution in [0.3, 0.4) is 0 Å². The van der Waals surface area contributed by atoms with Crippen molar-refractivity contribution < 1.29 is 19.0 Å². The number of carbonyl (C=O) groups is 1. The Morgan fingerprint density at radius 2 is 1.62 bits per heavy atom. The Labute approximate surface area is 143 Å². The number of benzene rings is 2. The van der Waals surface area contributed by atoms with E-state index >= 15 is 0 Å². The SMILES string of the molecule is CCOc1cccc(OC(=O)CC)c1COc1ccc(CC)cc1. The van der Waals surface area contributed by atoms with Gasteiger partial charge >= 0.3 is 5.97 Å². The molecule has 0 heterocycles. The number of aryl methyl sites for hydroxylation is 1. The summed E-state index contributed by atoms with van der Waals surface area (Å²) in [6.07, 6.45) is 1.31. The molecule has 0 aliphatic rings. The van der Waals surface area contributed by atoms with Gasteiger partial charge in [0.25, 0.3) is 0 Å². The molecular weight excluding hydrogens is 304 g/mol. The Hall–Kier alpha value is -2.49. The van der Waals surface area contributed by atoms with E-state index in [-0.39, 0.29) is 12.6 Å². The number of carbonyl (C=O) groups excluding carboxylic acids is 1. The Balaban J connectivity index is 2.19. The molecule has 0 spiro atoms. The van der Waals surface area contributed by atoms with Crippen LogP contribution >= 0.6 is 0 Å². The van der Waals surface area contributed by atoms with Gasteiger partial charge < -0.3 is 14.2 Å². The molecule has 0 atom stereocenters. The average Bonchev–Trinajstić information content (AvgIpc) is 2.61. The molecule has 0 aliphatic carbocycles. The summed E-state index contributed by atoms with van der Waals surface area (Å²) in [7, 11) is 0. The van der Waals surface area contributed by atoms with Gasteiger partial charge in [-0.1, -0.05) is 32.0 Å². The Morgan fingerprint density at radius 1 is 0.917 bits per heavy atom. The summed E-state index contributed by atoms with van der Waals surface area (Å²) in [6, 6.07) is 13.4. The fourth-order valence-corrected chi connectivity index (χ4v) is 2.25. The van der Waals surface area contributed by atoms with Gasteiger partial charge in [-0.2, -0.15) is 0 Å². The van der Waals surface area contributed by atoms with Crippen molar-refractivity contribution in [1.29, 1.82) is 0 Å². The molecule has 4 heteroatoms. The topological polar surface area (TPSA) is 44.8 Å². The largest absolute Gasteiger partial charge is 0.493 e. The van der Waals surface area contributed by atoms with Gasteiger partial charge in [-0.25, -0.2) is 0 Å². The van der Waals surface area contributed by atoms with E-state index < -0.39 is 0 Å². The van der Waals surface area contributed by atoms with E-state index in [0.29, 0.717) is 24.5 Å². The highest BCUT2D eigenvalue weighted by Crippen LogP contribution is 2.30. The Morgan fingerprint density at radius 3 is 2.25 bits per heavy atom. The van der Waals surface area contributed by atoms with Crippen molar-refractivity contribution >= 4 is 5.97 Å². The van der Waals surface area contributed by atoms with Gasteiger partial charge in [-0.05, 0) is 43.2 Å². The molecule has 0 aliphatic heterocycles. The molecule has 0 bridgehead atoms. The second kappa shape index (κ2) is 8.96. The highest BCUT2D eigenvalue weighted by atomic mass is 16.5. The van der Waals surface area contributed by atoms with E-state index in [1.54, 1.807) is 13.0 Å². The lowest BCUT2D eigenvalue weighted by atomic mass is 10.1. The molecule has 24 heavy (non-hydrogen) atoms. The van der Waals surface area contributed by atoms with Gasteiger partial charge in [0.05, 0.1) is 12.2 Å². The van der Waals surface area contributed by atoms with Crippen molar-refractivity contribution in [2.24, 2.45) is 0 Å². The number of hydrogen-bond donors (Lipinski definition) is 0. The van der Waals surface area contributed by atoms with Crippen molar-refractivity contribution in [3.63, 3.8) is 0 Å². The lowest BCUT2D eigenvalue weighted by molar-refractivity contribution is -0.134. The van der Waals surface area contributed by atoms with Gasteiger partial charge in [-0.15, -0.1) is 0 Å². The molecular formula is C20H24O4. The van der Waals surface area contributed by atoms with Crippen LogP contribution in [0.25, 0.3) is 0 Å². The molecule has 0 saturated carbocycles. The van der Waals surface area contributed by atoms with Gasteiger partial charge in [0, 0.05) is 6.42 Å². The predicted molar refractivity (Wildman–Crippen MR) is 93.7 cm³/mol. The molecule has 0 aromatic heterocycles. The van der Waals surface area contributed by atoms with Crippen LogP contribution in [0.1, 0.15) is 38.3 Å². The first-order chi connectivity index (χ1) is 11.7. The third-order valence-corrected chi connectivity index (χ3v) is 3.62. The average molecular weight is 328 g/mol. The normalized spacial score (nSPS) is 10.3. The smallest absolute Gasteiger partial charge is 0.310 e. The number of ether oxygens (including phenoxy) is 3. The zero-order valence-electron chi connectivity index (χ0n) is 14.5. The van der Waals surface area contributed by atoms with E-state index in [1.165, 1.54) is 5.56 Å². The first kappa shape index (κ1) is 17.9. The fourth-order valence-electron chi connectivity index (χ4n) is 2.25. The monoisotopic (exact) mass is 328 g/mol. The first-order valence-corrected chi connectivity index (χ1v) is 8.35. The van der Waals surface area contributed by atoms with Crippen LogP contribution in [-0.2, 0) is 17.8 Å². The molecule has 0 unspecified atom stereocenters. The van der Waals surface area contributed by atoms with Gasteiger partial charge in [0.1, 0.15) is 23.9 Å². The van der Waals surface area contributed by atoms with Crippen LogP contribution in [0.4, 0.5) is 0 Å². The minimum atomic E-state index is -0.280. The molecule has 2 rings (SSSR count). The number of rotatable bonds is 8. The maximum absolute atomic E-state index is 11.6. The minimum absolute atomic E-state index is 0.272. The summed E-state index contributed by atoms with van der Waals surface area (Å²) in [4.78, 5) is 11.6. The van der Waals surface area contributed by atoms with Crippen LogP contribution in [0, 0.1) is 0 Å². The Bertz CT molecular complexity index is 662. The van der Waals surface area contributed by atoms with E-state index in [0.717, 1.165) is 17.7 Å². The Kier molecular flexibility index (Phi) is 6.67. The van der Waals surface area contributed by atoms with E-state index in [1.807, 2.05) is 43.3 Å².